The summed E-state index contributed by atoms with van der Waals surface area (Å²) in [6, 6.07) is 2.28. The molecule has 0 aliphatic carbocycles. The number of thiophene rings is 1. The summed E-state index contributed by atoms with van der Waals surface area (Å²) in [6.07, 6.45) is 2.35. The molecule has 0 aromatic carbocycles. The monoisotopic (exact) mass is 335 g/mol. The first-order valence-electron chi connectivity index (χ1n) is 6.77. The van der Waals surface area contributed by atoms with Gasteiger partial charge in [0.25, 0.3) is 0 Å². The minimum Gasteiger partial charge on any atom is -0.374 e. The van der Waals surface area contributed by atoms with E-state index < -0.39 is 15.4 Å². The first kappa shape index (κ1) is 14.8. The van der Waals surface area contributed by atoms with Gasteiger partial charge in [0.1, 0.15) is 0 Å². The highest BCUT2D eigenvalue weighted by molar-refractivity contribution is 7.91. The largest absolute Gasteiger partial charge is 0.374 e. The van der Waals surface area contributed by atoms with E-state index in [1.165, 1.54) is 4.88 Å². The summed E-state index contributed by atoms with van der Waals surface area (Å²) in [7, 11) is -2.91. The third-order valence-electron chi connectivity index (χ3n) is 4.03. The van der Waals surface area contributed by atoms with E-state index in [0.717, 1.165) is 24.4 Å². The SMILES string of the molecule is O=S1(=O)CC[C@]2(C[C@H](NCc3cc(Cl)cs3)CCO2)C1. The quantitative estimate of drug-likeness (QED) is 0.920. The second-order valence-electron chi connectivity index (χ2n) is 5.68. The van der Waals surface area contributed by atoms with E-state index in [-0.39, 0.29) is 11.5 Å². The van der Waals surface area contributed by atoms with Crippen molar-refractivity contribution < 1.29 is 13.2 Å². The maximum atomic E-state index is 11.7. The average molecular weight is 336 g/mol. The summed E-state index contributed by atoms with van der Waals surface area (Å²) in [5, 5.41) is 6.21. The summed E-state index contributed by atoms with van der Waals surface area (Å²) in [6.45, 7) is 1.42. The van der Waals surface area contributed by atoms with Crippen LogP contribution >= 0.6 is 22.9 Å². The van der Waals surface area contributed by atoms with Gasteiger partial charge in [-0.05, 0) is 25.3 Å². The molecule has 7 heteroatoms. The fourth-order valence-electron chi connectivity index (χ4n) is 3.05. The smallest absolute Gasteiger partial charge is 0.153 e. The lowest BCUT2D eigenvalue weighted by atomic mass is 9.90. The summed E-state index contributed by atoms with van der Waals surface area (Å²) in [5.74, 6) is 0.448. The van der Waals surface area contributed by atoms with Crippen LogP contribution in [0.15, 0.2) is 11.4 Å². The maximum absolute atomic E-state index is 11.7. The van der Waals surface area contributed by atoms with Crippen molar-refractivity contribution in [1.29, 1.82) is 0 Å². The van der Waals surface area contributed by atoms with E-state index in [1.54, 1.807) is 11.3 Å². The highest BCUT2D eigenvalue weighted by Crippen LogP contribution is 2.35. The van der Waals surface area contributed by atoms with Gasteiger partial charge < -0.3 is 10.1 Å². The first-order chi connectivity index (χ1) is 9.46. The molecule has 0 saturated carbocycles. The zero-order valence-electron chi connectivity index (χ0n) is 11.1. The van der Waals surface area contributed by atoms with Crippen molar-refractivity contribution >= 4 is 32.8 Å². The Kier molecular flexibility index (Phi) is 4.12. The molecule has 2 fully saturated rings. The van der Waals surface area contributed by atoms with Crippen LogP contribution in [0.2, 0.25) is 5.02 Å². The van der Waals surface area contributed by atoms with Crippen molar-refractivity contribution in [3.8, 4) is 0 Å². The molecule has 1 N–H and O–H groups in total. The molecule has 0 radical (unpaired) electrons. The highest BCUT2D eigenvalue weighted by Gasteiger charge is 2.46. The molecule has 1 aromatic heterocycles. The molecule has 2 aliphatic heterocycles. The lowest BCUT2D eigenvalue weighted by Gasteiger charge is -2.37. The number of nitrogens with one attached hydrogen (secondary N) is 1. The van der Waals surface area contributed by atoms with Gasteiger partial charge >= 0.3 is 0 Å². The summed E-state index contributed by atoms with van der Waals surface area (Å²) < 4.78 is 29.2. The van der Waals surface area contributed by atoms with Crippen molar-refractivity contribution in [2.75, 3.05) is 18.1 Å². The van der Waals surface area contributed by atoms with E-state index in [9.17, 15) is 8.42 Å². The Labute approximate surface area is 128 Å². The average Bonchev–Trinajstić information content (AvgIpc) is 2.92. The fraction of sp³-hybridized carbons (Fsp3) is 0.692. The standard InChI is InChI=1S/C13H18ClNO3S2/c14-10-5-12(19-8-10)7-15-11-1-3-18-13(6-11)2-4-20(16,17)9-13/h5,8,11,15H,1-4,6-7,9H2/t11-,13+/m1/s1. The van der Waals surface area contributed by atoms with Crippen LogP contribution in [-0.4, -0.2) is 38.2 Å². The fourth-order valence-corrected chi connectivity index (χ4v) is 6.05. The van der Waals surface area contributed by atoms with Crippen LogP contribution in [0.25, 0.3) is 0 Å². The Hall–Kier alpha value is -0.140. The van der Waals surface area contributed by atoms with Crippen LogP contribution in [0.4, 0.5) is 0 Å². The second-order valence-corrected chi connectivity index (χ2v) is 9.29. The Bertz CT molecular complexity index is 586. The van der Waals surface area contributed by atoms with E-state index in [0.29, 0.717) is 19.1 Å². The zero-order valence-corrected chi connectivity index (χ0v) is 13.5. The van der Waals surface area contributed by atoms with E-state index >= 15 is 0 Å². The van der Waals surface area contributed by atoms with Crippen LogP contribution in [0.1, 0.15) is 24.1 Å². The van der Waals surface area contributed by atoms with Gasteiger partial charge in [-0.15, -0.1) is 11.3 Å². The highest BCUT2D eigenvalue weighted by atomic mass is 35.5. The minimum atomic E-state index is -2.91. The van der Waals surface area contributed by atoms with E-state index in [4.69, 9.17) is 16.3 Å². The predicted octanol–water partition coefficient (Wildman–Crippen LogP) is 2.23. The predicted molar refractivity (Wildman–Crippen MR) is 81.1 cm³/mol. The molecule has 0 amide bonds. The first-order valence-corrected chi connectivity index (χ1v) is 9.85. The number of hydrogen-bond donors (Lipinski definition) is 1. The van der Waals surface area contributed by atoms with Gasteiger partial charge in [-0.25, -0.2) is 8.42 Å². The molecular formula is C13H18ClNO3S2. The topological polar surface area (TPSA) is 55.4 Å². The van der Waals surface area contributed by atoms with Gasteiger partial charge in [-0.3, -0.25) is 0 Å². The second kappa shape index (κ2) is 5.57. The Morgan fingerprint density at radius 2 is 2.40 bits per heavy atom. The molecule has 1 aromatic rings. The molecule has 2 saturated heterocycles. The third-order valence-corrected chi connectivity index (χ3v) is 7.11. The van der Waals surface area contributed by atoms with E-state index in [1.807, 2.05) is 11.4 Å². The van der Waals surface area contributed by atoms with Crippen molar-refractivity contribution in [3.63, 3.8) is 0 Å². The van der Waals surface area contributed by atoms with Gasteiger partial charge in [-0.2, -0.15) is 0 Å². The van der Waals surface area contributed by atoms with Crippen LogP contribution < -0.4 is 5.32 Å². The van der Waals surface area contributed by atoms with Crippen molar-refractivity contribution in [2.24, 2.45) is 0 Å². The Morgan fingerprint density at radius 3 is 3.05 bits per heavy atom. The maximum Gasteiger partial charge on any atom is 0.153 e. The van der Waals surface area contributed by atoms with Gasteiger partial charge in [-0.1, -0.05) is 11.6 Å². The molecule has 3 heterocycles. The number of sulfone groups is 1. The molecule has 2 atom stereocenters. The number of halogens is 1. The van der Waals surface area contributed by atoms with Crippen LogP contribution in [0.5, 0.6) is 0 Å². The molecule has 1 spiro atoms. The summed E-state index contributed by atoms with van der Waals surface area (Å²) >= 11 is 7.55. The van der Waals surface area contributed by atoms with Crippen LogP contribution in [0, 0.1) is 0 Å². The van der Waals surface area contributed by atoms with Crippen molar-refractivity contribution in [2.45, 2.75) is 37.5 Å². The number of hydrogen-bond acceptors (Lipinski definition) is 5. The summed E-state index contributed by atoms with van der Waals surface area (Å²) in [4.78, 5) is 1.20. The van der Waals surface area contributed by atoms with Crippen molar-refractivity contribution in [1.82, 2.24) is 5.32 Å². The summed E-state index contributed by atoms with van der Waals surface area (Å²) in [5.41, 5.74) is -0.443. The lowest BCUT2D eigenvalue weighted by Crippen LogP contribution is -2.47. The van der Waals surface area contributed by atoms with Gasteiger partial charge in [0.2, 0.25) is 0 Å². The van der Waals surface area contributed by atoms with Gasteiger partial charge in [0.05, 0.1) is 22.1 Å². The molecular weight excluding hydrogens is 318 g/mol. The molecule has 4 nitrogen and oxygen atoms in total. The normalized spacial score (nSPS) is 32.8. The van der Waals surface area contributed by atoms with E-state index in [2.05, 4.69) is 5.32 Å². The molecule has 0 bridgehead atoms. The lowest BCUT2D eigenvalue weighted by molar-refractivity contribution is -0.0705. The van der Waals surface area contributed by atoms with Crippen LogP contribution in [-0.2, 0) is 21.1 Å². The Morgan fingerprint density at radius 1 is 1.55 bits per heavy atom. The number of ether oxygens (including phenoxy) is 1. The minimum absolute atomic E-state index is 0.184. The zero-order chi connectivity index (χ0) is 14.2. The van der Waals surface area contributed by atoms with Crippen molar-refractivity contribution in [3.05, 3.63) is 21.3 Å². The molecule has 20 heavy (non-hydrogen) atoms. The Balaban J connectivity index is 1.58. The molecule has 3 rings (SSSR count). The third kappa shape index (κ3) is 3.36. The van der Waals surface area contributed by atoms with Crippen LogP contribution in [0.3, 0.4) is 0 Å². The van der Waals surface area contributed by atoms with Gasteiger partial charge in [0.15, 0.2) is 9.84 Å². The van der Waals surface area contributed by atoms with Gasteiger partial charge in [0, 0.05) is 29.5 Å². The molecule has 0 unspecified atom stereocenters. The number of rotatable bonds is 3. The molecule has 2 aliphatic rings. The molecule has 112 valence electrons.